The molecule has 2 aromatic carbocycles. The highest BCUT2D eigenvalue weighted by Crippen LogP contribution is 2.26. The fourth-order valence-electron chi connectivity index (χ4n) is 1.63. The topological polar surface area (TPSA) is 55.4 Å². The van der Waals surface area contributed by atoms with Gasteiger partial charge in [0.15, 0.2) is 11.6 Å². The van der Waals surface area contributed by atoms with Crippen molar-refractivity contribution in [2.75, 3.05) is 11.8 Å². The molecule has 0 atom stereocenters. The predicted molar refractivity (Wildman–Crippen MR) is 80.2 cm³/mol. The molecule has 0 radical (unpaired) electrons. The Morgan fingerprint density at radius 1 is 1.10 bits per heavy atom. The fourth-order valence-corrected chi connectivity index (χ4v) is 3.22. The quantitative estimate of drug-likeness (QED) is 0.909. The lowest BCUT2D eigenvalue weighted by Crippen LogP contribution is -2.13. The van der Waals surface area contributed by atoms with Crippen molar-refractivity contribution in [1.82, 2.24) is 0 Å². The Bertz CT molecular complexity index is 761. The molecule has 0 spiro atoms. The summed E-state index contributed by atoms with van der Waals surface area (Å²) in [4.78, 5) is -0.142. The second-order valence-electron chi connectivity index (χ2n) is 4.06. The van der Waals surface area contributed by atoms with Crippen molar-refractivity contribution in [2.45, 2.75) is 4.90 Å². The first-order chi connectivity index (χ1) is 9.81. The second kappa shape index (κ2) is 6.09. The van der Waals surface area contributed by atoms with Crippen LogP contribution in [0.4, 0.5) is 10.1 Å². The van der Waals surface area contributed by atoms with Gasteiger partial charge >= 0.3 is 0 Å². The summed E-state index contributed by atoms with van der Waals surface area (Å²) < 4.78 is 44.8. The Morgan fingerprint density at radius 3 is 2.29 bits per heavy atom. The van der Waals surface area contributed by atoms with Crippen molar-refractivity contribution < 1.29 is 17.5 Å². The number of hydrogen-bond donors (Lipinski definition) is 1. The van der Waals surface area contributed by atoms with Gasteiger partial charge in [0.2, 0.25) is 0 Å². The SMILES string of the molecule is COc1cc(S(=O)(=O)Nc2cc(Cl)cc(Cl)c2)ccc1F. The number of anilines is 1. The van der Waals surface area contributed by atoms with Gasteiger partial charge in [-0.25, -0.2) is 12.8 Å². The Kier molecular flexibility index (Phi) is 4.61. The smallest absolute Gasteiger partial charge is 0.262 e. The molecule has 0 aliphatic heterocycles. The van der Waals surface area contributed by atoms with Gasteiger partial charge in [0, 0.05) is 16.1 Å². The van der Waals surface area contributed by atoms with Crippen LogP contribution in [0, 0.1) is 5.82 Å². The molecule has 2 rings (SSSR count). The Balaban J connectivity index is 2.38. The van der Waals surface area contributed by atoms with Crippen molar-refractivity contribution in [2.24, 2.45) is 0 Å². The molecule has 0 fully saturated rings. The zero-order chi connectivity index (χ0) is 15.6. The van der Waals surface area contributed by atoms with Crippen molar-refractivity contribution >= 4 is 38.9 Å². The molecule has 0 heterocycles. The van der Waals surface area contributed by atoms with E-state index in [1.165, 1.54) is 25.3 Å². The van der Waals surface area contributed by atoms with Crippen LogP contribution in [0.2, 0.25) is 10.0 Å². The first kappa shape index (κ1) is 15.9. The van der Waals surface area contributed by atoms with Crippen LogP contribution in [-0.4, -0.2) is 15.5 Å². The van der Waals surface area contributed by atoms with Crippen LogP contribution >= 0.6 is 23.2 Å². The van der Waals surface area contributed by atoms with Crippen molar-refractivity contribution in [3.63, 3.8) is 0 Å². The van der Waals surface area contributed by atoms with Gasteiger partial charge in [0.1, 0.15) is 0 Å². The van der Waals surface area contributed by atoms with E-state index in [0.717, 1.165) is 18.2 Å². The molecule has 21 heavy (non-hydrogen) atoms. The van der Waals surface area contributed by atoms with Gasteiger partial charge in [0.25, 0.3) is 10.0 Å². The molecule has 0 amide bonds. The number of ether oxygens (including phenoxy) is 1. The van der Waals surface area contributed by atoms with Gasteiger partial charge in [-0.1, -0.05) is 23.2 Å². The maximum Gasteiger partial charge on any atom is 0.262 e. The summed E-state index contributed by atoms with van der Waals surface area (Å²) in [7, 11) is -2.66. The summed E-state index contributed by atoms with van der Waals surface area (Å²) in [5.41, 5.74) is 0.204. The Labute approximate surface area is 131 Å². The minimum atomic E-state index is -3.91. The highest BCUT2D eigenvalue weighted by atomic mass is 35.5. The largest absolute Gasteiger partial charge is 0.494 e. The summed E-state index contributed by atoms with van der Waals surface area (Å²) in [5.74, 6) is -0.816. The van der Waals surface area contributed by atoms with Gasteiger partial charge in [-0.05, 0) is 30.3 Å². The van der Waals surface area contributed by atoms with Gasteiger partial charge in [-0.3, -0.25) is 4.72 Å². The fraction of sp³-hybridized carbons (Fsp3) is 0.0769. The van der Waals surface area contributed by atoms with E-state index in [9.17, 15) is 12.8 Å². The number of halogens is 3. The number of hydrogen-bond acceptors (Lipinski definition) is 3. The zero-order valence-corrected chi connectivity index (χ0v) is 13.1. The number of sulfonamides is 1. The monoisotopic (exact) mass is 349 g/mol. The molecular formula is C13H10Cl2FNO3S. The molecule has 8 heteroatoms. The minimum Gasteiger partial charge on any atom is -0.494 e. The molecular weight excluding hydrogens is 340 g/mol. The average Bonchev–Trinajstić information content (AvgIpc) is 2.37. The highest BCUT2D eigenvalue weighted by Gasteiger charge is 2.17. The molecule has 4 nitrogen and oxygen atoms in total. The minimum absolute atomic E-state index is 0.142. The van der Waals surface area contributed by atoms with Crippen LogP contribution in [0.3, 0.4) is 0 Å². The normalized spacial score (nSPS) is 11.2. The molecule has 0 aliphatic carbocycles. The standard InChI is InChI=1S/C13H10Cl2FNO3S/c1-20-13-7-11(2-3-12(13)16)21(18,19)17-10-5-8(14)4-9(15)6-10/h2-7,17H,1H3. The molecule has 0 unspecified atom stereocenters. The summed E-state index contributed by atoms with van der Waals surface area (Å²) in [6, 6.07) is 7.52. The predicted octanol–water partition coefficient (Wildman–Crippen LogP) is 3.94. The third kappa shape index (κ3) is 3.78. The maximum absolute atomic E-state index is 13.3. The van der Waals surface area contributed by atoms with Crippen LogP contribution < -0.4 is 9.46 Å². The summed E-state index contributed by atoms with van der Waals surface area (Å²) in [6.07, 6.45) is 0. The molecule has 0 saturated heterocycles. The first-order valence-corrected chi connectivity index (χ1v) is 7.88. The van der Waals surface area contributed by atoms with Crippen molar-refractivity contribution in [3.8, 4) is 5.75 Å². The van der Waals surface area contributed by atoms with E-state index < -0.39 is 15.8 Å². The Morgan fingerprint density at radius 2 is 1.71 bits per heavy atom. The number of benzene rings is 2. The van der Waals surface area contributed by atoms with Crippen molar-refractivity contribution in [3.05, 3.63) is 52.3 Å². The van der Waals surface area contributed by atoms with Gasteiger partial charge < -0.3 is 4.74 Å². The first-order valence-electron chi connectivity index (χ1n) is 5.64. The Hall–Kier alpha value is -1.50. The molecule has 112 valence electrons. The second-order valence-corrected chi connectivity index (χ2v) is 6.62. The van der Waals surface area contributed by atoms with Gasteiger partial charge in [-0.2, -0.15) is 0 Å². The van der Waals surface area contributed by atoms with E-state index >= 15 is 0 Å². The van der Waals surface area contributed by atoms with E-state index in [1.807, 2.05) is 0 Å². The van der Waals surface area contributed by atoms with Gasteiger partial charge in [0.05, 0.1) is 17.7 Å². The van der Waals surface area contributed by atoms with E-state index in [-0.39, 0.29) is 26.4 Å². The van der Waals surface area contributed by atoms with Crippen LogP contribution in [0.5, 0.6) is 5.75 Å². The lowest BCUT2D eigenvalue weighted by Gasteiger charge is -2.10. The molecule has 0 aliphatic rings. The van der Waals surface area contributed by atoms with Crippen LogP contribution in [0.25, 0.3) is 0 Å². The van der Waals surface area contributed by atoms with E-state index in [1.54, 1.807) is 0 Å². The molecule has 0 saturated carbocycles. The number of methoxy groups -OCH3 is 1. The lowest BCUT2D eigenvalue weighted by molar-refractivity contribution is 0.385. The van der Waals surface area contributed by atoms with E-state index in [4.69, 9.17) is 27.9 Å². The highest BCUT2D eigenvalue weighted by molar-refractivity contribution is 7.92. The summed E-state index contributed by atoms with van der Waals surface area (Å²) in [6.45, 7) is 0. The number of nitrogens with one attached hydrogen (secondary N) is 1. The van der Waals surface area contributed by atoms with Crippen LogP contribution in [0.15, 0.2) is 41.3 Å². The molecule has 2 aromatic rings. The van der Waals surface area contributed by atoms with Crippen LogP contribution in [0.1, 0.15) is 0 Å². The number of rotatable bonds is 4. The van der Waals surface area contributed by atoms with E-state index in [0.29, 0.717) is 0 Å². The van der Waals surface area contributed by atoms with Gasteiger partial charge in [-0.15, -0.1) is 0 Å². The molecule has 1 N–H and O–H groups in total. The van der Waals surface area contributed by atoms with E-state index in [2.05, 4.69) is 4.72 Å². The van der Waals surface area contributed by atoms with Crippen LogP contribution in [-0.2, 0) is 10.0 Å². The third-order valence-corrected chi connectivity index (χ3v) is 4.36. The summed E-state index contributed by atoms with van der Waals surface area (Å²) >= 11 is 11.6. The third-order valence-electron chi connectivity index (χ3n) is 2.55. The zero-order valence-electron chi connectivity index (χ0n) is 10.7. The average molecular weight is 350 g/mol. The molecule has 0 aromatic heterocycles. The maximum atomic E-state index is 13.3. The van der Waals surface area contributed by atoms with Crippen molar-refractivity contribution in [1.29, 1.82) is 0 Å². The summed E-state index contributed by atoms with van der Waals surface area (Å²) in [5, 5.41) is 0.578. The lowest BCUT2D eigenvalue weighted by atomic mass is 10.3. The molecule has 0 bridgehead atoms.